The van der Waals surface area contributed by atoms with Gasteiger partial charge in [0.2, 0.25) is 0 Å². The first-order valence-electron chi connectivity index (χ1n) is 12.4. The van der Waals surface area contributed by atoms with Crippen LogP contribution in [0.15, 0.2) is 39.5 Å². The Hall–Kier alpha value is -2.05. The monoisotopic (exact) mass is 583 g/mol. The first-order valence-corrected chi connectivity index (χ1v) is 15.8. The minimum atomic E-state index is -3.89. The molecule has 0 bridgehead atoms. The summed E-state index contributed by atoms with van der Waals surface area (Å²) >= 11 is 8.27. The van der Waals surface area contributed by atoms with Gasteiger partial charge in [0.1, 0.15) is 16.8 Å². The van der Waals surface area contributed by atoms with E-state index in [4.69, 9.17) is 16.3 Å². The maximum absolute atomic E-state index is 13.5. The average Bonchev–Trinajstić information content (AvgIpc) is 3.46. The van der Waals surface area contributed by atoms with Gasteiger partial charge in [-0.2, -0.15) is 9.30 Å². The van der Waals surface area contributed by atoms with Crippen molar-refractivity contribution in [1.82, 2.24) is 8.87 Å². The molecule has 12 heteroatoms. The molecular weight excluding hydrogens is 554 g/mol. The van der Waals surface area contributed by atoms with Crippen molar-refractivity contribution in [1.29, 1.82) is 0 Å². The van der Waals surface area contributed by atoms with Crippen LogP contribution >= 0.6 is 34.3 Å². The second-order valence-corrected chi connectivity index (χ2v) is 13.7. The van der Waals surface area contributed by atoms with Gasteiger partial charge in [0, 0.05) is 6.54 Å². The number of sulfonamides is 1. The third-order valence-corrected chi connectivity index (χ3v) is 10.9. The third kappa shape index (κ3) is 6.34. The first kappa shape index (κ1) is 28.0. The minimum absolute atomic E-state index is 0.0887. The van der Waals surface area contributed by atoms with Crippen molar-refractivity contribution in [3.8, 4) is 0 Å². The highest BCUT2D eigenvalue weighted by atomic mass is 35.5. The predicted octanol–water partition coefficient (Wildman–Crippen LogP) is 4.99. The van der Waals surface area contributed by atoms with E-state index < -0.39 is 27.9 Å². The van der Waals surface area contributed by atoms with Gasteiger partial charge in [-0.05, 0) is 62.4 Å². The molecule has 1 atom stereocenters. The number of carbonyl (C=O) groups is 2. The number of carbonyl (C=O) groups excluding carboxylic acids is 2. The van der Waals surface area contributed by atoms with E-state index in [1.54, 1.807) is 11.5 Å². The van der Waals surface area contributed by atoms with Crippen LogP contribution in [0.5, 0.6) is 0 Å². The van der Waals surface area contributed by atoms with Crippen LogP contribution < -0.4 is 4.80 Å². The van der Waals surface area contributed by atoms with Gasteiger partial charge in [-0.3, -0.25) is 9.59 Å². The fraction of sp³-hybridized carbons (Fsp3) is 0.480. The number of thiazole rings is 1. The molecule has 1 aliphatic rings. The van der Waals surface area contributed by atoms with E-state index in [0.29, 0.717) is 22.0 Å². The van der Waals surface area contributed by atoms with Crippen LogP contribution in [-0.4, -0.2) is 48.4 Å². The average molecular weight is 584 g/mol. The second-order valence-electron chi connectivity index (χ2n) is 8.82. The van der Waals surface area contributed by atoms with Gasteiger partial charge in [-0.25, -0.2) is 8.42 Å². The van der Waals surface area contributed by atoms with Crippen LogP contribution in [0.25, 0.3) is 10.2 Å². The smallest absolute Gasteiger partial charge is 0.326 e. The molecule has 3 aromatic rings. The largest absolute Gasteiger partial charge is 0.465 e. The van der Waals surface area contributed by atoms with E-state index >= 15 is 0 Å². The lowest BCUT2D eigenvalue weighted by molar-refractivity contribution is -0.143. The van der Waals surface area contributed by atoms with Gasteiger partial charge >= 0.3 is 5.97 Å². The van der Waals surface area contributed by atoms with Crippen LogP contribution in [-0.2, 0) is 37.3 Å². The number of fused-ring (bicyclic) bond motifs is 1. The zero-order chi connectivity index (χ0) is 26.6. The van der Waals surface area contributed by atoms with E-state index in [1.165, 1.54) is 33.3 Å². The molecule has 1 saturated heterocycles. The van der Waals surface area contributed by atoms with Crippen LogP contribution in [0, 0.1) is 0 Å². The number of ether oxygens (including phenoxy) is 1. The quantitative estimate of drug-likeness (QED) is 0.330. The van der Waals surface area contributed by atoms with Crippen molar-refractivity contribution in [3.05, 3.63) is 45.0 Å². The third-order valence-electron chi connectivity index (χ3n) is 6.21. The SMILES string of the molecule is CCCCc1ccc2c(c1)sc(=NC(=O)C1CCCCN1S(=O)(=O)c1ccc(Cl)s1)n2CC(=O)OCC. The molecule has 37 heavy (non-hydrogen) atoms. The number of benzene rings is 1. The molecule has 0 aliphatic carbocycles. The van der Waals surface area contributed by atoms with Crippen molar-refractivity contribution in [2.75, 3.05) is 13.2 Å². The number of esters is 1. The van der Waals surface area contributed by atoms with E-state index in [9.17, 15) is 18.0 Å². The summed E-state index contributed by atoms with van der Waals surface area (Å²) in [5, 5.41) is 0. The molecule has 0 spiro atoms. The fourth-order valence-corrected chi connectivity index (χ4v) is 8.75. The number of unbranched alkanes of at least 4 members (excludes halogenated alkanes) is 1. The van der Waals surface area contributed by atoms with Crippen molar-refractivity contribution < 1.29 is 22.7 Å². The van der Waals surface area contributed by atoms with Crippen molar-refractivity contribution in [2.45, 2.75) is 69.2 Å². The summed E-state index contributed by atoms with van der Waals surface area (Å²) < 4.78 is 36.1. The van der Waals surface area contributed by atoms with Crippen LogP contribution in [0.4, 0.5) is 0 Å². The Labute approximate surface area is 229 Å². The highest BCUT2D eigenvalue weighted by Gasteiger charge is 2.38. The van der Waals surface area contributed by atoms with Gasteiger partial charge in [-0.15, -0.1) is 11.3 Å². The molecule has 3 heterocycles. The Kier molecular flexibility index (Phi) is 9.23. The number of aryl methyl sites for hydroxylation is 1. The molecule has 200 valence electrons. The summed E-state index contributed by atoms with van der Waals surface area (Å²) in [6.07, 6.45) is 4.85. The van der Waals surface area contributed by atoms with Crippen LogP contribution in [0.1, 0.15) is 51.5 Å². The molecule has 4 rings (SSSR count). The zero-order valence-corrected chi connectivity index (χ0v) is 24.0. The number of hydrogen-bond acceptors (Lipinski definition) is 7. The molecule has 0 radical (unpaired) electrons. The van der Waals surface area contributed by atoms with Crippen LogP contribution in [0.3, 0.4) is 0 Å². The Bertz CT molecular complexity index is 1460. The first-order chi connectivity index (χ1) is 17.7. The van der Waals surface area contributed by atoms with E-state index in [1.807, 2.05) is 12.1 Å². The van der Waals surface area contributed by atoms with Crippen molar-refractivity contribution >= 4 is 66.4 Å². The number of piperidine rings is 1. The highest BCUT2D eigenvalue weighted by Crippen LogP contribution is 2.32. The summed E-state index contributed by atoms with van der Waals surface area (Å²) in [6.45, 7) is 4.27. The Morgan fingerprint density at radius 2 is 1.97 bits per heavy atom. The van der Waals surface area contributed by atoms with Crippen LogP contribution in [0.2, 0.25) is 4.34 Å². The summed E-state index contributed by atoms with van der Waals surface area (Å²) in [5.41, 5.74) is 1.96. The Morgan fingerprint density at radius 1 is 1.16 bits per heavy atom. The van der Waals surface area contributed by atoms with Gasteiger partial charge in [0.05, 0.1) is 21.2 Å². The second kappa shape index (κ2) is 12.2. The molecule has 0 N–H and O–H groups in total. The molecule has 1 fully saturated rings. The van der Waals surface area contributed by atoms with Gasteiger partial charge in [0.25, 0.3) is 15.9 Å². The number of aromatic nitrogens is 1. The predicted molar refractivity (Wildman–Crippen MR) is 146 cm³/mol. The molecule has 0 saturated carbocycles. The van der Waals surface area contributed by atoms with Crippen molar-refractivity contribution in [2.24, 2.45) is 4.99 Å². The fourth-order valence-electron chi connectivity index (χ4n) is 4.39. The van der Waals surface area contributed by atoms with E-state index in [-0.39, 0.29) is 23.9 Å². The summed E-state index contributed by atoms with van der Waals surface area (Å²) in [7, 11) is -3.89. The number of rotatable bonds is 9. The van der Waals surface area contributed by atoms with Gasteiger partial charge in [-0.1, -0.05) is 48.8 Å². The zero-order valence-electron chi connectivity index (χ0n) is 20.8. The number of hydrogen-bond donors (Lipinski definition) is 0. The Balaban J connectivity index is 1.74. The summed E-state index contributed by atoms with van der Waals surface area (Å²) in [5.74, 6) is -0.969. The topological polar surface area (TPSA) is 98.0 Å². The molecular formula is C25H30ClN3O5S3. The lowest BCUT2D eigenvalue weighted by Gasteiger charge is -2.31. The molecule has 8 nitrogen and oxygen atoms in total. The number of nitrogens with zero attached hydrogens (tertiary/aromatic N) is 3. The molecule has 1 unspecified atom stereocenters. The van der Waals surface area contributed by atoms with Gasteiger partial charge < -0.3 is 9.30 Å². The van der Waals surface area contributed by atoms with E-state index in [0.717, 1.165) is 47.2 Å². The normalized spacial score (nSPS) is 17.4. The van der Waals surface area contributed by atoms with Crippen molar-refractivity contribution in [3.63, 3.8) is 0 Å². The van der Waals surface area contributed by atoms with Gasteiger partial charge in [0.15, 0.2) is 4.80 Å². The lowest BCUT2D eigenvalue weighted by atomic mass is 10.0. The highest BCUT2D eigenvalue weighted by molar-refractivity contribution is 7.91. The molecule has 2 aromatic heterocycles. The number of halogens is 1. The molecule has 1 aliphatic heterocycles. The standard InChI is InChI=1S/C25H30ClN3O5S3/c1-3-5-8-17-10-11-18-20(15-17)35-25(28(18)16-22(30)34-4-2)27-24(31)19-9-6-7-14-29(19)37(32,33)23-13-12-21(26)36-23/h10-13,15,19H,3-9,14,16H2,1-2H3. The Morgan fingerprint density at radius 3 is 2.68 bits per heavy atom. The number of thiophene rings is 1. The van der Waals surface area contributed by atoms with E-state index in [2.05, 4.69) is 18.0 Å². The summed E-state index contributed by atoms with van der Waals surface area (Å²) in [4.78, 5) is 30.6. The summed E-state index contributed by atoms with van der Waals surface area (Å²) in [6, 6.07) is 8.12. The maximum atomic E-state index is 13.5. The molecule has 1 aromatic carbocycles. The maximum Gasteiger partial charge on any atom is 0.326 e. The lowest BCUT2D eigenvalue weighted by Crippen LogP contribution is -2.47. The number of amides is 1. The minimum Gasteiger partial charge on any atom is -0.465 e. The molecule has 1 amide bonds.